The van der Waals surface area contributed by atoms with Crippen LogP contribution in [0, 0.1) is 0 Å². The molecule has 1 saturated heterocycles. The Morgan fingerprint density at radius 1 is 1.59 bits per heavy atom. The molecule has 90 valence electrons. The Hall–Kier alpha value is -1.48. The minimum absolute atomic E-state index is 0.212. The van der Waals surface area contributed by atoms with Gasteiger partial charge in [-0.05, 0) is 49.5 Å². The van der Waals surface area contributed by atoms with Crippen LogP contribution in [0.2, 0.25) is 0 Å². The number of rotatable bonds is 3. The molecule has 17 heavy (non-hydrogen) atoms. The molecule has 2 N–H and O–H groups in total. The fraction of sp³-hybridized carbons (Fsp3) is 0.429. The van der Waals surface area contributed by atoms with E-state index in [0.29, 0.717) is 10.9 Å². The first-order valence-electron chi connectivity index (χ1n) is 8.31. The van der Waals surface area contributed by atoms with Crippen molar-refractivity contribution in [2.24, 2.45) is 0 Å². The molecule has 0 saturated carbocycles. The number of ether oxygens (including phenoxy) is 1. The Labute approximate surface area is 108 Å². The van der Waals surface area contributed by atoms with E-state index >= 15 is 0 Å². The fourth-order valence-electron chi connectivity index (χ4n) is 2.28. The Kier molecular flexibility index (Phi) is 1.68. The molecule has 1 aliphatic rings. The lowest BCUT2D eigenvalue weighted by Crippen LogP contribution is -2.23. The first-order chi connectivity index (χ1) is 10.3. The number of hydrogen-bond donors (Lipinski definition) is 2. The molecule has 1 atom stereocenters. The maximum Gasteiger partial charge on any atom is 0.119 e. The average molecular weight is 235 g/mol. The quantitative estimate of drug-likeness (QED) is 0.857. The van der Waals surface area contributed by atoms with Crippen LogP contribution in [-0.2, 0) is 6.37 Å². The highest BCUT2D eigenvalue weighted by Crippen LogP contribution is 2.25. The van der Waals surface area contributed by atoms with Gasteiger partial charge in [-0.3, -0.25) is 0 Å². The van der Waals surface area contributed by atoms with E-state index < -0.39 is 13.4 Å². The van der Waals surface area contributed by atoms with Gasteiger partial charge in [0.05, 0.1) is 11.2 Å². The second kappa shape index (κ2) is 4.41. The lowest BCUT2D eigenvalue weighted by molar-refractivity contribution is 0.415. The van der Waals surface area contributed by atoms with Crippen LogP contribution in [0.3, 0.4) is 0 Å². The Balaban J connectivity index is 2.01. The van der Waals surface area contributed by atoms with E-state index in [2.05, 4.69) is 10.3 Å². The van der Waals surface area contributed by atoms with Gasteiger partial charge in [0.15, 0.2) is 0 Å². The molecule has 3 nitrogen and oxygen atoms in total. The summed E-state index contributed by atoms with van der Waals surface area (Å²) in [6.07, 6.45) is 1.86. The minimum Gasteiger partial charge on any atom is -0.497 e. The van der Waals surface area contributed by atoms with Gasteiger partial charge in [-0.2, -0.15) is 0 Å². The van der Waals surface area contributed by atoms with Gasteiger partial charge in [-0.15, -0.1) is 0 Å². The van der Waals surface area contributed by atoms with Crippen molar-refractivity contribution in [3.8, 4) is 5.75 Å². The van der Waals surface area contributed by atoms with Gasteiger partial charge >= 0.3 is 0 Å². The molecule has 0 bridgehead atoms. The second-order valence-corrected chi connectivity index (χ2v) is 4.31. The van der Waals surface area contributed by atoms with Gasteiger partial charge in [0.2, 0.25) is 0 Å². The van der Waals surface area contributed by atoms with Crippen LogP contribution >= 0.6 is 0 Å². The molecule has 0 spiro atoms. The highest BCUT2D eigenvalue weighted by Gasteiger charge is 2.16. The number of fused-ring (bicyclic) bond motifs is 1. The minimum atomic E-state index is -2.52. The van der Waals surface area contributed by atoms with Crippen LogP contribution in [0.4, 0.5) is 0 Å². The van der Waals surface area contributed by atoms with Gasteiger partial charge in [0.25, 0.3) is 0 Å². The van der Waals surface area contributed by atoms with Crippen molar-refractivity contribution in [1.82, 2.24) is 10.3 Å². The van der Waals surface area contributed by atoms with Crippen molar-refractivity contribution < 1.29 is 11.6 Å². The van der Waals surface area contributed by atoms with E-state index in [4.69, 9.17) is 11.6 Å². The lowest BCUT2D eigenvalue weighted by atomic mass is 10.0. The number of hydrogen-bond acceptors (Lipinski definition) is 2. The fourth-order valence-corrected chi connectivity index (χ4v) is 2.28. The summed E-state index contributed by atoms with van der Waals surface area (Å²) in [6, 6.07) is 4.62. The third-order valence-corrected chi connectivity index (χ3v) is 3.16. The molecule has 3 rings (SSSR count). The highest BCUT2D eigenvalue weighted by molar-refractivity contribution is 5.84. The number of H-pyrrole nitrogens is 1. The predicted octanol–water partition coefficient (Wildman–Crippen LogP) is 2.47. The lowest BCUT2D eigenvalue weighted by Gasteiger charge is -2.09. The smallest absolute Gasteiger partial charge is 0.119 e. The van der Waals surface area contributed by atoms with Gasteiger partial charge < -0.3 is 15.0 Å². The number of methoxy groups -OCH3 is 1. The molecule has 1 aromatic carbocycles. The van der Waals surface area contributed by atoms with Crippen LogP contribution < -0.4 is 10.1 Å². The summed E-state index contributed by atoms with van der Waals surface area (Å²) >= 11 is 0. The summed E-state index contributed by atoms with van der Waals surface area (Å²) < 4.78 is 43.3. The number of nitrogens with one attached hydrogen (secondary N) is 2. The van der Waals surface area contributed by atoms with Crippen LogP contribution in [0.15, 0.2) is 24.4 Å². The van der Waals surface area contributed by atoms with E-state index in [-0.39, 0.29) is 11.8 Å². The monoisotopic (exact) mass is 235 g/mol. The molecule has 1 aromatic heterocycles. The molecule has 3 heteroatoms. The first kappa shape index (κ1) is 6.45. The number of aromatic nitrogens is 1. The van der Waals surface area contributed by atoms with Crippen molar-refractivity contribution in [3.05, 3.63) is 30.0 Å². The third kappa shape index (κ3) is 2.03. The zero-order valence-electron chi connectivity index (χ0n) is 14.4. The van der Waals surface area contributed by atoms with Gasteiger partial charge in [-0.1, -0.05) is 0 Å². The zero-order valence-corrected chi connectivity index (χ0v) is 9.42. The molecule has 0 unspecified atom stereocenters. The summed E-state index contributed by atoms with van der Waals surface area (Å²) in [5.41, 5.74) is 1.28. The summed E-state index contributed by atoms with van der Waals surface area (Å²) in [6.45, 7) is 0.819. The molecule has 2 aromatic rings. The maximum absolute atomic E-state index is 8.45. The largest absolute Gasteiger partial charge is 0.497 e. The topological polar surface area (TPSA) is 37.0 Å². The van der Waals surface area contributed by atoms with E-state index in [1.165, 1.54) is 0 Å². The van der Waals surface area contributed by atoms with E-state index in [9.17, 15) is 0 Å². The van der Waals surface area contributed by atoms with Crippen molar-refractivity contribution in [2.45, 2.75) is 25.3 Å². The third-order valence-electron chi connectivity index (χ3n) is 3.16. The molecule has 2 heterocycles. The van der Waals surface area contributed by atoms with Crippen LogP contribution in [0.25, 0.3) is 10.9 Å². The Morgan fingerprint density at radius 3 is 3.41 bits per heavy atom. The first-order valence-corrected chi connectivity index (χ1v) is 5.81. The van der Waals surface area contributed by atoms with Crippen LogP contribution in [0.5, 0.6) is 5.75 Å². The van der Waals surface area contributed by atoms with E-state index in [1.807, 2.05) is 0 Å². The Bertz CT molecular complexity index is 673. The van der Waals surface area contributed by atoms with Crippen LogP contribution in [0.1, 0.15) is 25.3 Å². The van der Waals surface area contributed by atoms with Crippen molar-refractivity contribution >= 4 is 10.9 Å². The van der Waals surface area contributed by atoms with Gasteiger partial charge in [0, 0.05) is 25.9 Å². The standard InChI is InChI=1S/C14H18N2O/c1-17-12-4-5-14-13(8-12)10(9-16-14)7-11-3-2-6-15-11/h4-5,8-9,11,15-16H,2-3,6-7H2,1H3/t11-/m1/s1/i1D3,7D2. The summed E-state index contributed by atoms with van der Waals surface area (Å²) in [5.74, 6) is 0.212. The highest BCUT2D eigenvalue weighted by atomic mass is 16.5. The predicted molar refractivity (Wildman–Crippen MR) is 69.6 cm³/mol. The SMILES string of the molecule is [2H]C([2H])([2H])Oc1ccc2[nH]cc(C([2H])([2H])[C@H]3CCCN3)c2c1. The van der Waals surface area contributed by atoms with Crippen LogP contribution in [-0.4, -0.2) is 24.6 Å². The van der Waals surface area contributed by atoms with E-state index in [0.717, 1.165) is 24.9 Å². The zero-order chi connectivity index (χ0) is 16.0. The molecule has 1 fully saturated rings. The molecule has 0 amide bonds. The molecule has 0 radical (unpaired) electrons. The molecule has 1 aliphatic heterocycles. The van der Waals surface area contributed by atoms with Crippen molar-refractivity contribution in [1.29, 1.82) is 0 Å². The van der Waals surface area contributed by atoms with Crippen molar-refractivity contribution in [2.75, 3.05) is 13.6 Å². The second-order valence-electron chi connectivity index (χ2n) is 4.31. The Morgan fingerprint density at radius 2 is 2.59 bits per heavy atom. The normalized spacial score (nSPS) is 25.9. The van der Waals surface area contributed by atoms with Crippen molar-refractivity contribution in [3.63, 3.8) is 0 Å². The molecular formula is C14H18N2O. The number of benzene rings is 1. The summed E-state index contributed by atoms with van der Waals surface area (Å²) in [4.78, 5) is 3.04. The molecule has 0 aliphatic carbocycles. The molecular weight excluding hydrogens is 212 g/mol. The summed E-state index contributed by atoms with van der Waals surface area (Å²) in [5, 5.41) is 3.85. The number of aromatic amines is 1. The maximum atomic E-state index is 8.45. The van der Waals surface area contributed by atoms with E-state index in [1.54, 1.807) is 24.4 Å². The summed E-state index contributed by atoms with van der Waals surface area (Å²) in [7, 11) is -2.52. The average Bonchev–Trinajstić information content (AvgIpc) is 3.06. The van der Waals surface area contributed by atoms with Gasteiger partial charge in [0.1, 0.15) is 5.75 Å². The van der Waals surface area contributed by atoms with Gasteiger partial charge in [-0.25, -0.2) is 0 Å².